The van der Waals surface area contributed by atoms with Crippen LogP contribution in [0.15, 0.2) is 64.3 Å². The van der Waals surface area contributed by atoms with E-state index < -0.39 is 0 Å². The molecule has 0 atom stereocenters. The van der Waals surface area contributed by atoms with Gasteiger partial charge in [0.2, 0.25) is 5.89 Å². The van der Waals surface area contributed by atoms with Crippen LogP contribution in [0.25, 0.3) is 11.3 Å². The lowest BCUT2D eigenvalue weighted by Crippen LogP contribution is -2.23. The standard InChI is InChI=1S/C17H15N3O2S/c1-23-16-9-13(7-8-18-16)17(21)20-11-15-19-10-14(22-15)12-5-3-2-4-6-12/h2-10H,11H2,1H3,(H,20,21). The van der Waals surface area contributed by atoms with E-state index in [2.05, 4.69) is 15.3 Å². The number of nitrogens with zero attached hydrogens (tertiary/aromatic N) is 2. The molecule has 6 heteroatoms. The molecule has 0 saturated carbocycles. The first-order valence-corrected chi connectivity index (χ1v) is 8.27. The molecule has 5 nitrogen and oxygen atoms in total. The third-order valence-electron chi connectivity index (χ3n) is 3.22. The van der Waals surface area contributed by atoms with E-state index in [1.54, 1.807) is 24.5 Å². The summed E-state index contributed by atoms with van der Waals surface area (Å²) in [5.41, 5.74) is 1.52. The van der Waals surface area contributed by atoms with Crippen molar-refractivity contribution < 1.29 is 9.21 Å². The Balaban J connectivity index is 1.64. The Kier molecular flexibility index (Phi) is 4.73. The van der Waals surface area contributed by atoms with Gasteiger partial charge in [0.05, 0.1) is 17.8 Å². The number of benzene rings is 1. The Labute approximate surface area is 138 Å². The van der Waals surface area contributed by atoms with Crippen molar-refractivity contribution in [2.24, 2.45) is 0 Å². The summed E-state index contributed by atoms with van der Waals surface area (Å²) < 4.78 is 5.66. The molecule has 3 aromatic rings. The minimum Gasteiger partial charge on any atom is -0.439 e. The van der Waals surface area contributed by atoms with Gasteiger partial charge in [-0.3, -0.25) is 4.79 Å². The molecule has 0 spiro atoms. The van der Waals surface area contributed by atoms with Gasteiger partial charge in [0, 0.05) is 17.3 Å². The van der Waals surface area contributed by atoms with Gasteiger partial charge in [-0.05, 0) is 18.4 Å². The molecule has 2 aromatic heterocycles. The number of carbonyl (C=O) groups is 1. The number of amides is 1. The molecular weight excluding hydrogens is 310 g/mol. The topological polar surface area (TPSA) is 68.0 Å². The monoisotopic (exact) mass is 325 g/mol. The summed E-state index contributed by atoms with van der Waals surface area (Å²) in [6, 6.07) is 13.1. The first kappa shape index (κ1) is 15.3. The number of aromatic nitrogens is 2. The summed E-state index contributed by atoms with van der Waals surface area (Å²) in [5, 5.41) is 3.60. The highest BCUT2D eigenvalue weighted by atomic mass is 32.2. The van der Waals surface area contributed by atoms with Gasteiger partial charge in [-0.1, -0.05) is 30.3 Å². The van der Waals surface area contributed by atoms with Gasteiger partial charge >= 0.3 is 0 Å². The third-order valence-corrected chi connectivity index (χ3v) is 3.86. The summed E-state index contributed by atoms with van der Waals surface area (Å²) in [5.74, 6) is 0.974. The fraction of sp³-hybridized carbons (Fsp3) is 0.118. The zero-order valence-electron chi connectivity index (χ0n) is 12.5. The number of thioether (sulfide) groups is 1. The fourth-order valence-corrected chi connectivity index (χ4v) is 2.46. The molecule has 0 aliphatic rings. The molecule has 1 aromatic carbocycles. The van der Waals surface area contributed by atoms with Crippen molar-refractivity contribution in [1.29, 1.82) is 0 Å². The number of nitrogens with one attached hydrogen (secondary N) is 1. The summed E-state index contributed by atoms with van der Waals surface area (Å²) in [6.45, 7) is 0.239. The van der Waals surface area contributed by atoms with Crippen LogP contribution in [0, 0.1) is 0 Å². The maximum Gasteiger partial charge on any atom is 0.251 e. The van der Waals surface area contributed by atoms with E-state index in [0.29, 0.717) is 17.2 Å². The molecule has 0 aliphatic carbocycles. The second-order valence-electron chi connectivity index (χ2n) is 4.75. The van der Waals surface area contributed by atoms with Crippen molar-refractivity contribution in [2.45, 2.75) is 11.6 Å². The van der Waals surface area contributed by atoms with Crippen LogP contribution in [0.1, 0.15) is 16.2 Å². The number of hydrogen-bond donors (Lipinski definition) is 1. The summed E-state index contributed by atoms with van der Waals surface area (Å²) in [4.78, 5) is 20.5. The molecular formula is C17H15N3O2S. The van der Waals surface area contributed by atoms with E-state index in [1.165, 1.54) is 11.8 Å². The highest BCUT2D eigenvalue weighted by molar-refractivity contribution is 7.98. The van der Waals surface area contributed by atoms with E-state index in [1.807, 2.05) is 36.6 Å². The van der Waals surface area contributed by atoms with Crippen LogP contribution in [0.4, 0.5) is 0 Å². The molecule has 1 N–H and O–H groups in total. The van der Waals surface area contributed by atoms with Gasteiger partial charge in [-0.15, -0.1) is 11.8 Å². The lowest BCUT2D eigenvalue weighted by molar-refractivity contribution is 0.0947. The quantitative estimate of drug-likeness (QED) is 0.728. The third kappa shape index (κ3) is 3.78. The molecule has 0 radical (unpaired) electrons. The smallest absolute Gasteiger partial charge is 0.251 e. The highest BCUT2D eigenvalue weighted by Crippen LogP contribution is 2.19. The zero-order chi connectivity index (χ0) is 16.1. The maximum absolute atomic E-state index is 12.1. The Morgan fingerprint density at radius 3 is 2.83 bits per heavy atom. The van der Waals surface area contributed by atoms with Gasteiger partial charge < -0.3 is 9.73 Å². The lowest BCUT2D eigenvalue weighted by atomic mass is 10.2. The van der Waals surface area contributed by atoms with Gasteiger partial charge in [-0.25, -0.2) is 9.97 Å². The highest BCUT2D eigenvalue weighted by Gasteiger charge is 2.10. The molecule has 1 amide bonds. The van der Waals surface area contributed by atoms with Gasteiger partial charge in [0.15, 0.2) is 5.76 Å². The first-order valence-electron chi connectivity index (χ1n) is 7.04. The van der Waals surface area contributed by atoms with E-state index in [0.717, 1.165) is 10.6 Å². The van der Waals surface area contributed by atoms with Crippen molar-refractivity contribution >= 4 is 17.7 Å². The van der Waals surface area contributed by atoms with Crippen LogP contribution >= 0.6 is 11.8 Å². The predicted octanol–water partition coefficient (Wildman–Crippen LogP) is 3.39. The Morgan fingerprint density at radius 1 is 1.22 bits per heavy atom. The average Bonchev–Trinajstić information content (AvgIpc) is 3.09. The fourth-order valence-electron chi connectivity index (χ4n) is 2.05. The Morgan fingerprint density at radius 2 is 2.04 bits per heavy atom. The van der Waals surface area contributed by atoms with Crippen molar-refractivity contribution in [3.63, 3.8) is 0 Å². The average molecular weight is 325 g/mol. The predicted molar refractivity (Wildman–Crippen MR) is 89.1 cm³/mol. The van der Waals surface area contributed by atoms with Crippen molar-refractivity contribution in [2.75, 3.05) is 6.26 Å². The Hall–Kier alpha value is -2.60. The normalized spacial score (nSPS) is 10.5. The number of carbonyl (C=O) groups excluding carboxylic acids is 1. The zero-order valence-corrected chi connectivity index (χ0v) is 13.3. The number of pyridine rings is 1. The minimum atomic E-state index is -0.179. The van der Waals surface area contributed by atoms with Crippen LogP contribution in [-0.2, 0) is 6.54 Å². The largest absolute Gasteiger partial charge is 0.439 e. The second kappa shape index (κ2) is 7.11. The van der Waals surface area contributed by atoms with Crippen LogP contribution < -0.4 is 5.32 Å². The van der Waals surface area contributed by atoms with Crippen molar-refractivity contribution in [3.8, 4) is 11.3 Å². The van der Waals surface area contributed by atoms with Crippen LogP contribution in [0.5, 0.6) is 0 Å². The van der Waals surface area contributed by atoms with E-state index in [9.17, 15) is 4.79 Å². The number of oxazole rings is 1. The van der Waals surface area contributed by atoms with E-state index in [-0.39, 0.29) is 12.5 Å². The van der Waals surface area contributed by atoms with Gasteiger partial charge in [-0.2, -0.15) is 0 Å². The summed E-state index contributed by atoms with van der Waals surface area (Å²) in [7, 11) is 0. The number of rotatable bonds is 5. The molecule has 0 aliphatic heterocycles. The summed E-state index contributed by atoms with van der Waals surface area (Å²) in [6.07, 6.45) is 5.20. The molecule has 0 bridgehead atoms. The molecule has 116 valence electrons. The molecule has 0 saturated heterocycles. The number of hydrogen-bond acceptors (Lipinski definition) is 5. The van der Waals surface area contributed by atoms with Crippen LogP contribution in [-0.4, -0.2) is 22.1 Å². The van der Waals surface area contributed by atoms with Crippen molar-refractivity contribution in [1.82, 2.24) is 15.3 Å². The minimum absolute atomic E-state index is 0.179. The maximum atomic E-state index is 12.1. The first-order chi connectivity index (χ1) is 11.3. The molecule has 23 heavy (non-hydrogen) atoms. The SMILES string of the molecule is CSc1cc(C(=O)NCc2ncc(-c3ccccc3)o2)ccn1. The Bertz CT molecular complexity index is 802. The lowest BCUT2D eigenvalue weighted by Gasteiger charge is -2.03. The van der Waals surface area contributed by atoms with Crippen LogP contribution in [0.3, 0.4) is 0 Å². The summed E-state index contributed by atoms with van der Waals surface area (Å²) >= 11 is 1.49. The van der Waals surface area contributed by atoms with Crippen LogP contribution in [0.2, 0.25) is 0 Å². The molecule has 0 fully saturated rings. The second-order valence-corrected chi connectivity index (χ2v) is 5.58. The van der Waals surface area contributed by atoms with Crippen molar-refractivity contribution in [3.05, 3.63) is 66.3 Å². The molecule has 0 unspecified atom stereocenters. The van der Waals surface area contributed by atoms with E-state index in [4.69, 9.17) is 4.42 Å². The van der Waals surface area contributed by atoms with Gasteiger partial charge in [0.25, 0.3) is 5.91 Å². The van der Waals surface area contributed by atoms with E-state index >= 15 is 0 Å². The van der Waals surface area contributed by atoms with Gasteiger partial charge in [0.1, 0.15) is 0 Å². The molecule has 3 rings (SSSR count). The molecule has 2 heterocycles.